The number of aromatic nitrogens is 1. The van der Waals surface area contributed by atoms with Gasteiger partial charge in [0, 0.05) is 12.6 Å². The van der Waals surface area contributed by atoms with Crippen molar-refractivity contribution in [3.05, 3.63) is 29.1 Å². The highest BCUT2D eigenvalue weighted by Gasteiger charge is 2.35. The van der Waals surface area contributed by atoms with Gasteiger partial charge in [0.25, 0.3) is 5.91 Å². The van der Waals surface area contributed by atoms with Crippen molar-refractivity contribution < 1.29 is 22.8 Å². The first-order valence-corrected chi connectivity index (χ1v) is 7.26. The van der Waals surface area contributed by atoms with Gasteiger partial charge in [-0.05, 0) is 38.8 Å². The molecule has 1 fully saturated rings. The number of halogens is 3. The summed E-state index contributed by atoms with van der Waals surface area (Å²) in [5, 5.41) is 0. The fourth-order valence-electron chi connectivity index (χ4n) is 2.72. The van der Waals surface area contributed by atoms with Crippen molar-refractivity contribution in [2.45, 2.75) is 38.9 Å². The van der Waals surface area contributed by atoms with Gasteiger partial charge >= 0.3 is 6.18 Å². The number of primary amides is 1. The lowest BCUT2D eigenvalue weighted by molar-refractivity contribution is -0.141. The standard InChI is InChI=1S/C15H18F3N3O2/c1-8-3-4-10(13(19)22)7-21(8)14(23)11-5-6-12(15(16,17)18)20-9(11)2/h5-6,8,10H,3-4,7H2,1-2H3,(H2,19,22). The van der Waals surface area contributed by atoms with E-state index in [0.29, 0.717) is 12.8 Å². The quantitative estimate of drug-likeness (QED) is 0.903. The van der Waals surface area contributed by atoms with Crippen molar-refractivity contribution >= 4 is 11.8 Å². The van der Waals surface area contributed by atoms with Gasteiger partial charge in [-0.2, -0.15) is 13.2 Å². The van der Waals surface area contributed by atoms with E-state index in [2.05, 4.69) is 4.98 Å². The van der Waals surface area contributed by atoms with Crippen LogP contribution in [0, 0.1) is 12.8 Å². The largest absolute Gasteiger partial charge is 0.433 e. The molecule has 1 aromatic rings. The molecule has 1 aromatic heterocycles. The molecular formula is C15H18F3N3O2. The molecule has 1 aliphatic heterocycles. The summed E-state index contributed by atoms with van der Waals surface area (Å²) < 4.78 is 37.9. The smallest absolute Gasteiger partial charge is 0.369 e. The zero-order valence-corrected chi connectivity index (χ0v) is 12.9. The van der Waals surface area contributed by atoms with Crippen LogP contribution < -0.4 is 5.73 Å². The molecule has 2 amide bonds. The summed E-state index contributed by atoms with van der Waals surface area (Å²) in [6.07, 6.45) is -3.33. The highest BCUT2D eigenvalue weighted by molar-refractivity contribution is 5.96. The first kappa shape index (κ1) is 17.2. The first-order valence-electron chi connectivity index (χ1n) is 7.26. The summed E-state index contributed by atoms with van der Waals surface area (Å²) in [5.41, 5.74) is 4.38. The molecule has 1 aliphatic rings. The number of piperidine rings is 1. The Bertz CT molecular complexity index is 631. The first-order chi connectivity index (χ1) is 10.6. The normalized spacial score (nSPS) is 22.0. The number of carbonyl (C=O) groups excluding carboxylic acids is 2. The van der Waals surface area contributed by atoms with Gasteiger partial charge < -0.3 is 10.6 Å². The number of likely N-dealkylation sites (tertiary alicyclic amines) is 1. The van der Waals surface area contributed by atoms with E-state index in [4.69, 9.17) is 5.73 Å². The number of hydrogen-bond acceptors (Lipinski definition) is 3. The minimum atomic E-state index is -4.55. The van der Waals surface area contributed by atoms with E-state index in [9.17, 15) is 22.8 Å². The summed E-state index contributed by atoms with van der Waals surface area (Å²) in [6.45, 7) is 3.38. The fourth-order valence-corrected chi connectivity index (χ4v) is 2.72. The van der Waals surface area contributed by atoms with Gasteiger partial charge in [0.2, 0.25) is 5.91 Å². The molecule has 0 spiro atoms. The zero-order valence-electron chi connectivity index (χ0n) is 12.9. The Balaban J connectivity index is 2.27. The third-order valence-corrected chi connectivity index (χ3v) is 4.15. The molecule has 0 bridgehead atoms. The molecule has 1 saturated heterocycles. The fraction of sp³-hybridized carbons (Fsp3) is 0.533. The van der Waals surface area contributed by atoms with E-state index in [1.165, 1.54) is 11.8 Å². The predicted molar refractivity (Wildman–Crippen MR) is 76.4 cm³/mol. The second-order valence-corrected chi connectivity index (χ2v) is 5.81. The summed E-state index contributed by atoms with van der Waals surface area (Å²) in [4.78, 5) is 28.9. The molecule has 0 saturated carbocycles. The van der Waals surface area contributed by atoms with Crippen molar-refractivity contribution in [2.75, 3.05) is 6.54 Å². The molecule has 23 heavy (non-hydrogen) atoms. The Hall–Kier alpha value is -2.12. The lowest BCUT2D eigenvalue weighted by Gasteiger charge is -2.37. The van der Waals surface area contributed by atoms with Crippen LogP contribution in [0.4, 0.5) is 13.2 Å². The Morgan fingerprint density at radius 2 is 1.96 bits per heavy atom. The van der Waals surface area contributed by atoms with Crippen LogP contribution in [-0.4, -0.2) is 34.3 Å². The molecule has 2 unspecified atom stereocenters. The van der Waals surface area contributed by atoms with Crippen LogP contribution in [0.2, 0.25) is 0 Å². The van der Waals surface area contributed by atoms with Crippen molar-refractivity contribution in [1.29, 1.82) is 0 Å². The number of nitrogens with two attached hydrogens (primary N) is 1. The number of rotatable bonds is 2. The van der Waals surface area contributed by atoms with Crippen LogP contribution in [0.25, 0.3) is 0 Å². The van der Waals surface area contributed by atoms with E-state index in [-0.39, 0.29) is 23.8 Å². The van der Waals surface area contributed by atoms with Gasteiger partial charge in [0.15, 0.2) is 0 Å². The zero-order chi connectivity index (χ0) is 17.4. The average molecular weight is 329 g/mol. The minimum absolute atomic E-state index is 0.0122. The maximum absolute atomic E-state index is 12.6. The van der Waals surface area contributed by atoms with Crippen LogP contribution in [0.15, 0.2) is 12.1 Å². The Morgan fingerprint density at radius 3 is 2.48 bits per heavy atom. The maximum atomic E-state index is 12.6. The number of aryl methyl sites for hydroxylation is 1. The van der Waals surface area contributed by atoms with Crippen LogP contribution in [0.3, 0.4) is 0 Å². The molecule has 2 N–H and O–H groups in total. The van der Waals surface area contributed by atoms with Gasteiger partial charge in [-0.3, -0.25) is 9.59 Å². The van der Waals surface area contributed by atoms with Gasteiger partial charge in [-0.1, -0.05) is 0 Å². The van der Waals surface area contributed by atoms with Crippen LogP contribution >= 0.6 is 0 Å². The number of amides is 2. The van der Waals surface area contributed by atoms with E-state index in [1.54, 1.807) is 0 Å². The van der Waals surface area contributed by atoms with E-state index in [1.807, 2.05) is 6.92 Å². The molecule has 2 atom stereocenters. The van der Waals surface area contributed by atoms with E-state index >= 15 is 0 Å². The lowest BCUT2D eigenvalue weighted by atomic mass is 9.92. The Labute approximate surface area is 131 Å². The third-order valence-electron chi connectivity index (χ3n) is 4.15. The molecule has 0 aliphatic carbocycles. The van der Waals surface area contributed by atoms with Gasteiger partial charge in [-0.15, -0.1) is 0 Å². The Kier molecular flexibility index (Phi) is 4.63. The topological polar surface area (TPSA) is 76.3 Å². The molecule has 126 valence electrons. The second-order valence-electron chi connectivity index (χ2n) is 5.81. The average Bonchev–Trinajstić information content (AvgIpc) is 2.45. The monoisotopic (exact) mass is 329 g/mol. The number of hydrogen-bond donors (Lipinski definition) is 1. The molecule has 0 aromatic carbocycles. The SMILES string of the molecule is Cc1nc(C(F)(F)F)ccc1C(=O)N1CC(C(N)=O)CCC1C. The summed E-state index contributed by atoms with van der Waals surface area (Å²) in [6, 6.07) is 1.81. The highest BCUT2D eigenvalue weighted by Crippen LogP contribution is 2.29. The van der Waals surface area contributed by atoms with Crippen LogP contribution in [0.5, 0.6) is 0 Å². The second kappa shape index (κ2) is 6.17. The number of nitrogens with zero attached hydrogens (tertiary/aromatic N) is 2. The summed E-state index contributed by atoms with van der Waals surface area (Å²) in [5.74, 6) is -1.34. The van der Waals surface area contributed by atoms with E-state index < -0.39 is 29.6 Å². The van der Waals surface area contributed by atoms with Crippen molar-refractivity contribution in [2.24, 2.45) is 11.7 Å². The molecule has 5 nitrogen and oxygen atoms in total. The summed E-state index contributed by atoms with van der Waals surface area (Å²) in [7, 11) is 0. The number of alkyl halides is 3. The van der Waals surface area contributed by atoms with Gasteiger partial charge in [0.05, 0.1) is 17.2 Å². The molecule has 2 rings (SSSR count). The maximum Gasteiger partial charge on any atom is 0.433 e. The van der Waals surface area contributed by atoms with Crippen LogP contribution in [-0.2, 0) is 11.0 Å². The predicted octanol–water partition coefficient (Wildman–Crippen LogP) is 2.13. The van der Waals surface area contributed by atoms with Crippen LogP contribution in [0.1, 0.15) is 41.5 Å². The lowest BCUT2D eigenvalue weighted by Crippen LogP contribution is -2.48. The summed E-state index contributed by atoms with van der Waals surface area (Å²) >= 11 is 0. The van der Waals surface area contributed by atoms with Crippen molar-refractivity contribution in [3.63, 3.8) is 0 Å². The Morgan fingerprint density at radius 1 is 1.30 bits per heavy atom. The highest BCUT2D eigenvalue weighted by atomic mass is 19.4. The van der Waals surface area contributed by atoms with Gasteiger partial charge in [0.1, 0.15) is 5.69 Å². The van der Waals surface area contributed by atoms with Gasteiger partial charge in [-0.25, -0.2) is 4.98 Å². The number of carbonyl (C=O) groups is 2. The van der Waals surface area contributed by atoms with Crippen molar-refractivity contribution in [3.8, 4) is 0 Å². The molecule has 0 radical (unpaired) electrons. The minimum Gasteiger partial charge on any atom is -0.369 e. The molecule has 8 heteroatoms. The van der Waals surface area contributed by atoms with Crippen molar-refractivity contribution in [1.82, 2.24) is 9.88 Å². The molecule has 2 heterocycles. The molecular weight excluding hydrogens is 311 g/mol. The number of pyridine rings is 1. The van der Waals surface area contributed by atoms with E-state index in [0.717, 1.165) is 12.1 Å². The third kappa shape index (κ3) is 3.62.